The van der Waals surface area contributed by atoms with Crippen LogP contribution in [0.5, 0.6) is 0 Å². The van der Waals surface area contributed by atoms with Gasteiger partial charge in [-0.2, -0.15) is 0 Å². The van der Waals surface area contributed by atoms with Crippen LogP contribution in [0, 0.1) is 0 Å². The first-order valence-electron chi connectivity index (χ1n) is 12.4. The molecule has 9 heteroatoms. The highest BCUT2D eigenvalue weighted by Gasteiger charge is 2.29. The number of carbonyl (C=O) groups excluding carboxylic acids is 2. The van der Waals surface area contributed by atoms with Crippen LogP contribution in [0.15, 0.2) is 91.3 Å². The zero-order valence-electron chi connectivity index (χ0n) is 21.0. The number of rotatable bonds is 9. The van der Waals surface area contributed by atoms with Gasteiger partial charge in [0.25, 0.3) is 5.91 Å². The van der Waals surface area contributed by atoms with Gasteiger partial charge in [-0.05, 0) is 27.8 Å². The molecule has 1 aliphatic carbocycles. The fourth-order valence-corrected chi connectivity index (χ4v) is 4.71. The Bertz CT molecular complexity index is 1450. The van der Waals surface area contributed by atoms with Crippen LogP contribution in [0.25, 0.3) is 11.1 Å². The lowest BCUT2D eigenvalue weighted by Crippen LogP contribution is -2.35. The van der Waals surface area contributed by atoms with Crippen LogP contribution in [0.2, 0.25) is 0 Å². The number of nitrogens with zero attached hydrogens (tertiary/aromatic N) is 3. The molecule has 2 N–H and O–H groups in total. The van der Waals surface area contributed by atoms with Crippen molar-refractivity contribution < 1.29 is 24.2 Å². The second-order valence-corrected chi connectivity index (χ2v) is 9.11. The Kier molecular flexibility index (Phi) is 7.58. The quantitative estimate of drug-likeness (QED) is 0.337. The number of ether oxygens (including phenoxy) is 1. The van der Waals surface area contributed by atoms with Crippen LogP contribution in [0.3, 0.4) is 0 Å². The van der Waals surface area contributed by atoms with Crippen LogP contribution >= 0.6 is 0 Å². The molecule has 1 heterocycles. The molecule has 4 aromatic rings. The maximum atomic E-state index is 12.9. The fraction of sp³-hybridized carbons (Fsp3) is 0.167. The number of benzene rings is 3. The minimum atomic E-state index is -1.12. The molecule has 0 saturated carbocycles. The van der Waals surface area contributed by atoms with Crippen molar-refractivity contribution >= 4 is 18.0 Å². The largest absolute Gasteiger partial charge is 0.480 e. The van der Waals surface area contributed by atoms with E-state index in [1.807, 2.05) is 54.6 Å². The van der Waals surface area contributed by atoms with E-state index in [-0.39, 0.29) is 37.0 Å². The topological polar surface area (TPSA) is 122 Å². The molecule has 39 heavy (non-hydrogen) atoms. The predicted octanol–water partition coefficient (Wildman–Crippen LogP) is 4.24. The van der Waals surface area contributed by atoms with E-state index < -0.39 is 24.5 Å². The number of hydrogen-bond donors (Lipinski definition) is 2. The van der Waals surface area contributed by atoms with E-state index in [9.17, 15) is 19.5 Å². The average molecular weight is 523 g/mol. The summed E-state index contributed by atoms with van der Waals surface area (Å²) in [4.78, 5) is 46.2. The first-order chi connectivity index (χ1) is 19.0. The summed E-state index contributed by atoms with van der Waals surface area (Å²) in [5, 5.41) is 11.9. The number of hydrogen-bond acceptors (Lipinski definition) is 6. The zero-order valence-corrected chi connectivity index (χ0v) is 21.0. The molecule has 1 aliphatic rings. The SMILES string of the molecule is O=C(O)CN(Cc1ccccc1)C(=O)c1cnc(CNC(=O)OCC2c3ccccc3-c3ccccc32)nc1. The Morgan fingerprint density at radius 3 is 2.05 bits per heavy atom. The van der Waals surface area contributed by atoms with E-state index in [4.69, 9.17) is 4.74 Å². The van der Waals surface area contributed by atoms with Crippen molar-refractivity contribution in [3.8, 4) is 11.1 Å². The molecule has 2 amide bonds. The first kappa shape index (κ1) is 25.6. The number of nitrogens with one attached hydrogen (secondary N) is 1. The predicted molar refractivity (Wildman–Crippen MR) is 143 cm³/mol. The van der Waals surface area contributed by atoms with E-state index in [1.54, 1.807) is 0 Å². The Hall–Kier alpha value is -5.05. The number of carbonyl (C=O) groups is 3. The number of carboxylic acid groups (broad SMARTS) is 1. The molecule has 0 radical (unpaired) electrons. The molecule has 0 unspecified atom stereocenters. The molecule has 1 aromatic heterocycles. The fourth-order valence-electron chi connectivity index (χ4n) is 4.71. The Morgan fingerprint density at radius 1 is 0.846 bits per heavy atom. The Labute approximate surface area is 225 Å². The van der Waals surface area contributed by atoms with Gasteiger partial charge < -0.3 is 20.1 Å². The van der Waals surface area contributed by atoms with E-state index in [0.717, 1.165) is 27.8 Å². The van der Waals surface area contributed by atoms with Crippen molar-refractivity contribution in [3.63, 3.8) is 0 Å². The van der Waals surface area contributed by atoms with Gasteiger partial charge in [-0.25, -0.2) is 14.8 Å². The van der Waals surface area contributed by atoms with E-state index in [1.165, 1.54) is 17.3 Å². The maximum absolute atomic E-state index is 12.9. The third kappa shape index (κ3) is 5.93. The average Bonchev–Trinajstić information content (AvgIpc) is 3.28. The number of carboxylic acids is 1. The van der Waals surface area contributed by atoms with E-state index in [2.05, 4.69) is 39.6 Å². The van der Waals surface area contributed by atoms with Gasteiger partial charge in [0.2, 0.25) is 0 Å². The third-order valence-corrected chi connectivity index (χ3v) is 6.52. The van der Waals surface area contributed by atoms with Gasteiger partial charge in [0, 0.05) is 24.9 Å². The van der Waals surface area contributed by atoms with Crippen LogP contribution in [0.1, 0.15) is 38.8 Å². The van der Waals surface area contributed by atoms with Gasteiger partial charge in [0.05, 0.1) is 12.1 Å². The lowest BCUT2D eigenvalue weighted by molar-refractivity contribution is -0.137. The van der Waals surface area contributed by atoms with Gasteiger partial charge in [0.1, 0.15) is 19.0 Å². The summed E-state index contributed by atoms with van der Waals surface area (Å²) in [6.45, 7) is -0.126. The minimum Gasteiger partial charge on any atom is -0.480 e. The molecule has 0 fully saturated rings. The van der Waals surface area contributed by atoms with Crippen molar-refractivity contribution in [2.45, 2.75) is 19.0 Å². The molecule has 0 atom stereocenters. The van der Waals surface area contributed by atoms with Gasteiger partial charge >= 0.3 is 12.1 Å². The molecule has 5 rings (SSSR count). The first-order valence-corrected chi connectivity index (χ1v) is 12.4. The van der Waals surface area contributed by atoms with Crippen molar-refractivity contribution in [2.75, 3.05) is 13.2 Å². The van der Waals surface area contributed by atoms with Crippen LogP contribution in [-0.2, 0) is 22.6 Å². The standard InChI is InChI=1S/C30H26N4O5/c35-28(36)18-34(17-20-8-2-1-3-9-20)29(37)21-14-31-27(32-15-21)16-33-30(38)39-19-26-24-12-6-4-10-22(24)23-11-5-7-13-25(23)26/h1-15,26H,16-19H2,(H,33,38)(H,35,36). The second kappa shape index (κ2) is 11.6. The summed E-state index contributed by atoms with van der Waals surface area (Å²) in [6.07, 6.45) is 2.05. The number of fused-ring (bicyclic) bond motifs is 3. The number of aliphatic carboxylic acids is 1. The molecule has 0 aliphatic heterocycles. The second-order valence-electron chi connectivity index (χ2n) is 9.11. The normalized spacial score (nSPS) is 11.8. The van der Waals surface area contributed by atoms with E-state index >= 15 is 0 Å². The highest BCUT2D eigenvalue weighted by molar-refractivity contribution is 5.95. The lowest BCUT2D eigenvalue weighted by Gasteiger charge is -2.20. The Morgan fingerprint density at radius 2 is 1.44 bits per heavy atom. The highest BCUT2D eigenvalue weighted by Crippen LogP contribution is 2.44. The summed E-state index contributed by atoms with van der Waals surface area (Å²) in [5.74, 6) is -1.39. The van der Waals surface area contributed by atoms with Gasteiger partial charge in [-0.1, -0.05) is 78.9 Å². The molecule has 0 spiro atoms. The summed E-state index contributed by atoms with van der Waals surface area (Å²) in [5.41, 5.74) is 5.50. The van der Waals surface area contributed by atoms with Crippen LogP contribution in [0.4, 0.5) is 4.79 Å². The summed E-state index contributed by atoms with van der Waals surface area (Å²) >= 11 is 0. The molecule has 3 aromatic carbocycles. The highest BCUT2D eigenvalue weighted by atomic mass is 16.5. The van der Waals surface area contributed by atoms with Crippen molar-refractivity contribution in [2.24, 2.45) is 0 Å². The van der Waals surface area contributed by atoms with Crippen molar-refractivity contribution in [3.05, 3.63) is 119 Å². The van der Waals surface area contributed by atoms with Crippen LogP contribution in [-0.4, -0.2) is 51.1 Å². The van der Waals surface area contributed by atoms with Crippen molar-refractivity contribution in [1.82, 2.24) is 20.2 Å². The van der Waals surface area contributed by atoms with Gasteiger partial charge in [-0.3, -0.25) is 9.59 Å². The van der Waals surface area contributed by atoms with Gasteiger partial charge in [0.15, 0.2) is 0 Å². The smallest absolute Gasteiger partial charge is 0.407 e. The van der Waals surface area contributed by atoms with Crippen molar-refractivity contribution in [1.29, 1.82) is 0 Å². The van der Waals surface area contributed by atoms with Crippen LogP contribution < -0.4 is 5.32 Å². The molecule has 0 saturated heterocycles. The van der Waals surface area contributed by atoms with Gasteiger partial charge in [-0.15, -0.1) is 0 Å². The molecule has 9 nitrogen and oxygen atoms in total. The third-order valence-electron chi connectivity index (χ3n) is 6.52. The maximum Gasteiger partial charge on any atom is 0.407 e. The minimum absolute atomic E-state index is 0.00794. The monoisotopic (exact) mass is 522 g/mol. The number of aromatic nitrogens is 2. The molecule has 0 bridgehead atoms. The number of amides is 2. The molecular formula is C30H26N4O5. The lowest BCUT2D eigenvalue weighted by atomic mass is 9.98. The molecule has 196 valence electrons. The summed E-state index contributed by atoms with van der Waals surface area (Å²) in [7, 11) is 0. The number of alkyl carbamates (subject to hydrolysis) is 1. The zero-order chi connectivity index (χ0) is 27.2. The molecular weight excluding hydrogens is 496 g/mol. The van der Waals surface area contributed by atoms with E-state index in [0.29, 0.717) is 0 Å². The summed E-state index contributed by atoms with van der Waals surface area (Å²) in [6, 6.07) is 25.3. The summed E-state index contributed by atoms with van der Waals surface area (Å²) < 4.78 is 5.53. The Balaban J connectivity index is 1.16.